The third-order valence-corrected chi connectivity index (χ3v) is 4.14. The quantitative estimate of drug-likeness (QED) is 0.762. The lowest BCUT2D eigenvalue weighted by atomic mass is 10.3. The van der Waals surface area contributed by atoms with Crippen LogP contribution >= 0.6 is 34.5 Å². The predicted molar refractivity (Wildman–Crippen MR) is 89.7 cm³/mol. The van der Waals surface area contributed by atoms with Gasteiger partial charge in [-0.05, 0) is 24.6 Å². The molecular formula is C13H14Cl2N4OS. The lowest BCUT2D eigenvalue weighted by Gasteiger charge is -2.06. The Labute approximate surface area is 136 Å². The first-order valence-corrected chi connectivity index (χ1v) is 7.85. The van der Waals surface area contributed by atoms with E-state index in [1.165, 1.54) is 11.3 Å². The Kier molecular flexibility index (Phi) is 5.27. The van der Waals surface area contributed by atoms with E-state index in [4.69, 9.17) is 28.9 Å². The molecule has 0 saturated carbocycles. The first-order chi connectivity index (χ1) is 10.0. The largest absolute Gasteiger partial charge is 0.382 e. The molecule has 1 aromatic carbocycles. The van der Waals surface area contributed by atoms with Gasteiger partial charge in [-0.1, -0.05) is 41.5 Å². The average Bonchev–Trinajstić information content (AvgIpc) is 2.81. The molecule has 4 N–H and O–H groups in total. The van der Waals surface area contributed by atoms with E-state index in [1.807, 2.05) is 6.92 Å². The summed E-state index contributed by atoms with van der Waals surface area (Å²) in [6, 6.07) is 4.84. The van der Waals surface area contributed by atoms with Crippen molar-refractivity contribution in [2.24, 2.45) is 0 Å². The molecule has 1 heterocycles. The molecule has 21 heavy (non-hydrogen) atoms. The summed E-state index contributed by atoms with van der Waals surface area (Å²) < 4.78 is 0. The molecule has 0 radical (unpaired) electrons. The molecule has 0 saturated heterocycles. The van der Waals surface area contributed by atoms with E-state index in [2.05, 4.69) is 15.6 Å². The number of nitrogens with zero attached hydrogens (tertiary/aromatic N) is 1. The van der Waals surface area contributed by atoms with Crippen LogP contribution in [0.5, 0.6) is 0 Å². The Morgan fingerprint density at radius 3 is 2.86 bits per heavy atom. The highest BCUT2D eigenvalue weighted by atomic mass is 35.5. The molecule has 1 aromatic heterocycles. The van der Waals surface area contributed by atoms with E-state index in [1.54, 1.807) is 18.2 Å². The molecule has 2 rings (SSSR count). The van der Waals surface area contributed by atoms with Gasteiger partial charge in [0.2, 0.25) is 0 Å². The van der Waals surface area contributed by atoms with Crippen molar-refractivity contribution in [2.45, 2.75) is 13.3 Å². The number of aromatic nitrogens is 1. The van der Waals surface area contributed by atoms with E-state index >= 15 is 0 Å². The fraction of sp³-hybridized carbons (Fsp3) is 0.231. The fourth-order valence-electron chi connectivity index (χ4n) is 1.57. The Balaban J connectivity index is 2.14. The summed E-state index contributed by atoms with van der Waals surface area (Å²) in [5, 5.41) is 7.29. The number of nitrogens with two attached hydrogens (primary N) is 1. The summed E-state index contributed by atoms with van der Waals surface area (Å²) in [7, 11) is 0. The van der Waals surface area contributed by atoms with Crippen molar-refractivity contribution in [1.29, 1.82) is 0 Å². The van der Waals surface area contributed by atoms with Crippen molar-refractivity contribution < 1.29 is 4.79 Å². The maximum Gasteiger partial charge on any atom is 0.269 e. The van der Waals surface area contributed by atoms with Gasteiger partial charge in [-0.25, -0.2) is 4.98 Å². The summed E-state index contributed by atoms with van der Waals surface area (Å²) >= 11 is 13.0. The molecule has 0 atom stereocenters. The number of amides is 1. The number of rotatable bonds is 5. The molecule has 0 aliphatic carbocycles. The van der Waals surface area contributed by atoms with Gasteiger partial charge in [0, 0.05) is 11.6 Å². The molecule has 0 fully saturated rings. The number of carbonyl (C=O) groups excluding carboxylic acids is 1. The zero-order valence-corrected chi connectivity index (χ0v) is 13.6. The van der Waals surface area contributed by atoms with Crippen LogP contribution in [0.3, 0.4) is 0 Å². The topological polar surface area (TPSA) is 80.0 Å². The lowest BCUT2D eigenvalue weighted by molar-refractivity contribution is 0.103. The number of anilines is 3. The van der Waals surface area contributed by atoms with Crippen LogP contribution in [0.1, 0.15) is 23.0 Å². The second-order valence-corrected chi connectivity index (χ2v) is 6.08. The number of nitrogen functional groups attached to an aromatic ring is 1. The van der Waals surface area contributed by atoms with Gasteiger partial charge < -0.3 is 16.4 Å². The van der Waals surface area contributed by atoms with Gasteiger partial charge in [0.05, 0.1) is 10.7 Å². The van der Waals surface area contributed by atoms with Crippen LogP contribution in [0.4, 0.5) is 16.6 Å². The van der Waals surface area contributed by atoms with Crippen molar-refractivity contribution in [2.75, 3.05) is 22.9 Å². The summed E-state index contributed by atoms with van der Waals surface area (Å²) in [5.41, 5.74) is 6.25. The van der Waals surface area contributed by atoms with Crippen LogP contribution in [0.15, 0.2) is 18.2 Å². The van der Waals surface area contributed by atoms with Crippen LogP contribution in [-0.4, -0.2) is 17.4 Å². The highest BCUT2D eigenvalue weighted by molar-refractivity contribution is 7.18. The van der Waals surface area contributed by atoms with Gasteiger partial charge in [-0.3, -0.25) is 4.79 Å². The van der Waals surface area contributed by atoms with E-state index in [0.29, 0.717) is 25.7 Å². The second-order valence-electron chi connectivity index (χ2n) is 4.24. The molecule has 0 aliphatic rings. The molecule has 1 amide bonds. The molecule has 112 valence electrons. The van der Waals surface area contributed by atoms with E-state index < -0.39 is 0 Å². The Morgan fingerprint density at radius 2 is 2.19 bits per heavy atom. The zero-order valence-electron chi connectivity index (χ0n) is 11.2. The minimum absolute atomic E-state index is 0.196. The minimum Gasteiger partial charge on any atom is -0.382 e. The van der Waals surface area contributed by atoms with Gasteiger partial charge in [0.1, 0.15) is 10.7 Å². The van der Waals surface area contributed by atoms with Crippen LogP contribution in [0.2, 0.25) is 10.0 Å². The molecule has 0 aliphatic heterocycles. The maximum absolute atomic E-state index is 12.2. The summed E-state index contributed by atoms with van der Waals surface area (Å²) in [6.07, 6.45) is 0.960. The van der Waals surface area contributed by atoms with Gasteiger partial charge in [-0.15, -0.1) is 0 Å². The van der Waals surface area contributed by atoms with E-state index in [9.17, 15) is 4.79 Å². The average molecular weight is 345 g/mol. The molecule has 8 heteroatoms. The summed E-state index contributed by atoms with van der Waals surface area (Å²) in [5.74, 6) is -0.153. The summed E-state index contributed by atoms with van der Waals surface area (Å²) in [4.78, 5) is 16.7. The Bertz CT molecular complexity index is 660. The minimum atomic E-state index is -0.348. The van der Waals surface area contributed by atoms with Gasteiger partial charge in [0.25, 0.3) is 5.91 Å². The number of hydrogen-bond acceptors (Lipinski definition) is 5. The van der Waals surface area contributed by atoms with Crippen molar-refractivity contribution in [3.05, 3.63) is 33.1 Å². The van der Waals surface area contributed by atoms with E-state index in [-0.39, 0.29) is 11.7 Å². The fourth-order valence-corrected chi connectivity index (χ4v) is 2.83. The molecule has 2 aromatic rings. The highest BCUT2D eigenvalue weighted by Crippen LogP contribution is 2.29. The second kappa shape index (κ2) is 6.98. The number of thiazole rings is 1. The monoisotopic (exact) mass is 344 g/mol. The Morgan fingerprint density at radius 1 is 1.43 bits per heavy atom. The maximum atomic E-state index is 12.2. The predicted octanol–water partition coefficient (Wildman–Crippen LogP) is 4.11. The van der Waals surface area contributed by atoms with Crippen LogP contribution < -0.4 is 16.4 Å². The first kappa shape index (κ1) is 15.9. The van der Waals surface area contributed by atoms with Crippen molar-refractivity contribution in [3.63, 3.8) is 0 Å². The van der Waals surface area contributed by atoms with Crippen molar-refractivity contribution in [1.82, 2.24) is 4.98 Å². The molecular weight excluding hydrogens is 331 g/mol. The number of halogens is 2. The molecule has 0 spiro atoms. The van der Waals surface area contributed by atoms with Crippen LogP contribution in [0.25, 0.3) is 0 Å². The number of nitrogens with one attached hydrogen (secondary N) is 2. The van der Waals surface area contributed by atoms with E-state index in [0.717, 1.165) is 13.0 Å². The number of hydrogen-bond donors (Lipinski definition) is 3. The molecule has 0 unspecified atom stereocenters. The third kappa shape index (κ3) is 4.00. The first-order valence-electron chi connectivity index (χ1n) is 6.27. The smallest absolute Gasteiger partial charge is 0.269 e. The standard InChI is InChI=1S/C13H14Cl2N4OS/c1-2-5-17-13-19-11(16)10(21-13)12(20)18-9-4-3-7(14)6-8(9)15/h3-4,6H,2,5,16H2,1H3,(H,17,19)(H,18,20). The molecule has 0 bridgehead atoms. The van der Waals surface area contributed by atoms with Crippen LogP contribution in [0, 0.1) is 0 Å². The molecule has 5 nitrogen and oxygen atoms in total. The SMILES string of the molecule is CCCNc1nc(N)c(C(=O)Nc2ccc(Cl)cc2Cl)s1. The number of carbonyl (C=O) groups is 1. The zero-order chi connectivity index (χ0) is 15.4. The van der Waals surface area contributed by atoms with Crippen molar-refractivity contribution in [3.8, 4) is 0 Å². The Hall–Kier alpha value is -1.50. The third-order valence-electron chi connectivity index (χ3n) is 2.57. The van der Waals surface area contributed by atoms with Gasteiger partial charge >= 0.3 is 0 Å². The lowest BCUT2D eigenvalue weighted by Crippen LogP contribution is -2.12. The van der Waals surface area contributed by atoms with Crippen LogP contribution in [-0.2, 0) is 0 Å². The van der Waals surface area contributed by atoms with Gasteiger partial charge in [-0.2, -0.15) is 0 Å². The highest BCUT2D eigenvalue weighted by Gasteiger charge is 2.17. The normalized spacial score (nSPS) is 10.4. The summed E-state index contributed by atoms with van der Waals surface area (Å²) in [6.45, 7) is 2.82. The number of benzene rings is 1. The van der Waals surface area contributed by atoms with Crippen molar-refractivity contribution >= 4 is 57.1 Å². The van der Waals surface area contributed by atoms with Gasteiger partial charge in [0.15, 0.2) is 5.13 Å².